The minimum atomic E-state index is -1.49. The fourth-order valence-corrected chi connectivity index (χ4v) is 0.703. The Morgan fingerprint density at radius 2 is 1.89 bits per heavy atom. The first kappa shape index (κ1) is 8.98. The van der Waals surface area contributed by atoms with Crippen LogP contribution in [0.1, 0.15) is 6.92 Å². The molecule has 0 fully saturated rings. The van der Waals surface area contributed by atoms with Crippen molar-refractivity contribution >= 4 is 25.1 Å². The molecule has 0 aliphatic rings. The molecule has 0 aliphatic heterocycles. The maximum atomic E-state index is 5.43. The highest BCUT2D eigenvalue weighted by atomic mass is 35.5. The zero-order valence-electron chi connectivity index (χ0n) is 6.23. The molecule has 54 valence electrons. The molecule has 0 saturated carbocycles. The Balaban J connectivity index is 3.64. The van der Waals surface area contributed by atoms with Crippen molar-refractivity contribution in [3.63, 3.8) is 0 Å². The largest absolute Gasteiger partial charge is 0.455 e. The van der Waals surface area contributed by atoms with E-state index in [1.807, 2.05) is 0 Å². The van der Waals surface area contributed by atoms with Gasteiger partial charge in [-0.3, -0.25) is 0 Å². The molecule has 0 heterocycles. The summed E-state index contributed by atoms with van der Waals surface area (Å²) in [6.45, 7) is 7.85. The minimum Gasteiger partial charge on any atom is -0.455 e. The number of nitrogens with zero attached hydrogens (tertiary/aromatic N) is 1. The monoisotopic (exact) mass is 165 g/mol. The molecule has 0 aliphatic carbocycles. The van der Waals surface area contributed by atoms with E-state index in [1.54, 1.807) is 6.92 Å². The molecule has 0 spiro atoms. The molecule has 0 saturated heterocycles. The van der Waals surface area contributed by atoms with Crippen molar-refractivity contribution in [3.05, 3.63) is 0 Å². The second kappa shape index (κ2) is 3.22. The zero-order chi connectivity index (χ0) is 7.49. The van der Waals surface area contributed by atoms with Gasteiger partial charge in [0, 0.05) is 0 Å². The van der Waals surface area contributed by atoms with E-state index in [-0.39, 0.29) is 0 Å². The van der Waals surface area contributed by atoms with Gasteiger partial charge in [0.25, 0.3) is 8.32 Å². The Labute approximate surface area is 62.0 Å². The van der Waals surface area contributed by atoms with E-state index in [4.69, 9.17) is 16.1 Å². The summed E-state index contributed by atoms with van der Waals surface area (Å²) in [6.07, 6.45) is 0. The molecule has 0 N–H and O–H groups in total. The predicted octanol–water partition coefficient (Wildman–Crippen LogP) is 2.41. The molecule has 0 amide bonds. The van der Waals surface area contributed by atoms with Crippen molar-refractivity contribution in [2.24, 2.45) is 5.16 Å². The van der Waals surface area contributed by atoms with E-state index in [2.05, 4.69) is 24.8 Å². The highest BCUT2D eigenvalue weighted by Crippen LogP contribution is 2.03. The fraction of sp³-hybridized carbons (Fsp3) is 0.800. The molecule has 0 rings (SSSR count). The van der Waals surface area contributed by atoms with E-state index in [1.165, 1.54) is 0 Å². The molecule has 0 unspecified atom stereocenters. The number of hydrogen-bond acceptors (Lipinski definition) is 2. The summed E-state index contributed by atoms with van der Waals surface area (Å²) in [6, 6.07) is 0. The van der Waals surface area contributed by atoms with Crippen LogP contribution in [-0.2, 0) is 4.53 Å². The molecule has 0 radical (unpaired) electrons. The molecule has 4 heteroatoms. The van der Waals surface area contributed by atoms with Gasteiger partial charge in [-0.25, -0.2) is 0 Å². The SMILES string of the molecule is CC(Cl)=NO[Si](C)(C)C. The highest BCUT2D eigenvalue weighted by molar-refractivity contribution is 6.70. The van der Waals surface area contributed by atoms with Gasteiger partial charge in [0.15, 0.2) is 0 Å². The minimum absolute atomic E-state index is 0.456. The average molecular weight is 166 g/mol. The Bertz CT molecular complexity index is 115. The van der Waals surface area contributed by atoms with Crippen LogP contribution < -0.4 is 0 Å². The van der Waals surface area contributed by atoms with Crippen molar-refractivity contribution in [3.8, 4) is 0 Å². The van der Waals surface area contributed by atoms with Gasteiger partial charge >= 0.3 is 0 Å². The summed E-state index contributed by atoms with van der Waals surface area (Å²) in [5.41, 5.74) is 0. The van der Waals surface area contributed by atoms with E-state index in [0.29, 0.717) is 5.17 Å². The lowest BCUT2D eigenvalue weighted by Crippen LogP contribution is -2.22. The van der Waals surface area contributed by atoms with E-state index in [0.717, 1.165) is 0 Å². The number of oxime groups is 1. The Morgan fingerprint density at radius 1 is 1.44 bits per heavy atom. The van der Waals surface area contributed by atoms with Gasteiger partial charge in [0.1, 0.15) is 5.17 Å². The fourth-order valence-electron chi connectivity index (χ4n) is 0.200. The summed E-state index contributed by atoms with van der Waals surface area (Å²) in [7, 11) is -1.49. The quantitative estimate of drug-likeness (QED) is 0.350. The normalized spacial score (nSPS) is 13.7. The summed E-state index contributed by atoms with van der Waals surface area (Å²) in [4.78, 5) is 0. The number of rotatable bonds is 2. The third-order valence-electron chi connectivity index (χ3n) is 0.445. The molecule has 0 aromatic rings. The predicted molar refractivity (Wildman–Crippen MR) is 43.4 cm³/mol. The first-order chi connectivity index (χ1) is 3.92. The van der Waals surface area contributed by atoms with Gasteiger partial charge in [-0.2, -0.15) is 0 Å². The van der Waals surface area contributed by atoms with Gasteiger partial charge in [0.2, 0.25) is 0 Å². The van der Waals surface area contributed by atoms with Crippen LogP contribution in [0.25, 0.3) is 0 Å². The van der Waals surface area contributed by atoms with Gasteiger partial charge in [-0.15, -0.1) is 0 Å². The van der Waals surface area contributed by atoms with Crippen molar-refractivity contribution in [2.75, 3.05) is 0 Å². The topological polar surface area (TPSA) is 21.6 Å². The molecular weight excluding hydrogens is 154 g/mol. The third kappa shape index (κ3) is 7.98. The number of halogens is 1. The van der Waals surface area contributed by atoms with Gasteiger partial charge in [-0.1, -0.05) is 16.8 Å². The lowest BCUT2D eigenvalue weighted by molar-refractivity contribution is 0.336. The third-order valence-corrected chi connectivity index (χ3v) is 1.15. The van der Waals surface area contributed by atoms with Gasteiger partial charge < -0.3 is 4.53 Å². The van der Waals surface area contributed by atoms with Crippen LogP contribution in [-0.4, -0.2) is 13.5 Å². The van der Waals surface area contributed by atoms with Crippen LogP contribution in [0, 0.1) is 0 Å². The van der Waals surface area contributed by atoms with Gasteiger partial charge in [0.05, 0.1) is 0 Å². The first-order valence-electron chi connectivity index (χ1n) is 2.80. The Hall–Kier alpha value is -0.0231. The molecule has 0 atom stereocenters. The lowest BCUT2D eigenvalue weighted by atomic mass is 10.9. The smallest absolute Gasteiger partial charge is 0.278 e. The summed E-state index contributed by atoms with van der Waals surface area (Å²) >= 11 is 5.43. The summed E-state index contributed by atoms with van der Waals surface area (Å²) in [5.74, 6) is 0. The van der Waals surface area contributed by atoms with Crippen LogP contribution >= 0.6 is 11.6 Å². The van der Waals surface area contributed by atoms with Gasteiger partial charge in [-0.05, 0) is 26.6 Å². The van der Waals surface area contributed by atoms with Crippen LogP contribution in [0.5, 0.6) is 0 Å². The lowest BCUT2D eigenvalue weighted by Gasteiger charge is -2.11. The summed E-state index contributed by atoms with van der Waals surface area (Å²) in [5, 5.41) is 4.10. The Kier molecular flexibility index (Phi) is 3.21. The van der Waals surface area contributed by atoms with E-state index in [9.17, 15) is 0 Å². The molecule has 9 heavy (non-hydrogen) atoms. The second-order valence-corrected chi connectivity index (χ2v) is 7.75. The van der Waals surface area contributed by atoms with Crippen LogP contribution in [0.2, 0.25) is 19.6 Å². The van der Waals surface area contributed by atoms with E-state index >= 15 is 0 Å². The van der Waals surface area contributed by atoms with Crippen molar-refractivity contribution < 1.29 is 4.53 Å². The van der Waals surface area contributed by atoms with Crippen molar-refractivity contribution in [1.82, 2.24) is 0 Å². The maximum Gasteiger partial charge on any atom is 0.278 e. The van der Waals surface area contributed by atoms with Crippen LogP contribution in [0.4, 0.5) is 0 Å². The summed E-state index contributed by atoms with van der Waals surface area (Å²) < 4.78 is 5.09. The first-order valence-corrected chi connectivity index (χ1v) is 6.59. The molecule has 0 aromatic carbocycles. The standard InChI is InChI=1S/C5H12ClNOSi/c1-5(6)7-8-9(2,3)4/h1-4H3. The zero-order valence-corrected chi connectivity index (χ0v) is 7.99. The number of hydrogen-bond donors (Lipinski definition) is 0. The van der Waals surface area contributed by atoms with Crippen molar-refractivity contribution in [1.29, 1.82) is 0 Å². The highest BCUT2D eigenvalue weighted by Gasteiger charge is 2.15. The molecule has 0 bridgehead atoms. The molecular formula is C5H12ClNOSi. The average Bonchev–Trinajstić information content (AvgIpc) is 1.59. The maximum absolute atomic E-state index is 5.43. The second-order valence-electron chi connectivity index (χ2n) is 2.79. The van der Waals surface area contributed by atoms with Crippen LogP contribution in [0.3, 0.4) is 0 Å². The van der Waals surface area contributed by atoms with Crippen molar-refractivity contribution in [2.45, 2.75) is 26.6 Å². The Morgan fingerprint density at radius 3 is 2.00 bits per heavy atom. The molecule has 2 nitrogen and oxygen atoms in total. The van der Waals surface area contributed by atoms with E-state index < -0.39 is 8.32 Å². The van der Waals surface area contributed by atoms with Crippen LogP contribution in [0.15, 0.2) is 5.16 Å². The molecule has 0 aromatic heterocycles.